The van der Waals surface area contributed by atoms with E-state index in [4.69, 9.17) is 4.42 Å². The van der Waals surface area contributed by atoms with Gasteiger partial charge in [-0.3, -0.25) is 0 Å². The standard InChI is InChI=1S/C11H9O/c1-2-5-10(6-3-1)9-11-7-4-8-12-11/h1-7H,9H2. The van der Waals surface area contributed by atoms with E-state index in [0.717, 1.165) is 12.2 Å². The van der Waals surface area contributed by atoms with Crippen molar-refractivity contribution >= 4 is 0 Å². The Kier molecular flexibility index (Phi) is 1.95. The molecule has 0 unspecified atom stereocenters. The van der Waals surface area contributed by atoms with E-state index in [1.54, 1.807) is 6.07 Å². The van der Waals surface area contributed by atoms with Crippen LogP contribution in [0.1, 0.15) is 11.3 Å². The SMILES string of the molecule is [c]1ccc(Cc2ccccc2)o1. The average molecular weight is 157 g/mol. The summed E-state index contributed by atoms with van der Waals surface area (Å²) in [7, 11) is 0. The van der Waals surface area contributed by atoms with Gasteiger partial charge in [-0.2, -0.15) is 0 Å². The minimum absolute atomic E-state index is 0.852. The molecule has 1 aromatic carbocycles. The lowest BCUT2D eigenvalue weighted by atomic mass is 10.1. The summed E-state index contributed by atoms with van der Waals surface area (Å²) >= 11 is 0. The summed E-state index contributed by atoms with van der Waals surface area (Å²) in [5.74, 6) is 0.959. The highest BCUT2D eigenvalue weighted by atomic mass is 16.3. The Hall–Kier alpha value is -1.50. The summed E-state index contributed by atoms with van der Waals surface area (Å²) in [4.78, 5) is 0. The van der Waals surface area contributed by atoms with E-state index in [-0.39, 0.29) is 0 Å². The molecule has 0 atom stereocenters. The fraction of sp³-hybridized carbons (Fsp3) is 0.0909. The maximum atomic E-state index is 5.11. The van der Waals surface area contributed by atoms with Crippen LogP contribution in [-0.2, 0) is 6.42 Å². The molecule has 0 amide bonds. The van der Waals surface area contributed by atoms with Crippen LogP contribution in [0.25, 0.3) is 0 Å². The van der Waals surface area contributed by atoms with Crippen molar-refractivity contribution in [1.29, 1.82) is 0 Å². The van der Waals surface area contributed by atoms with Crippen molar-refractivity contribution in [1.82, 2.24) is 0 Å². The minimum atomic E-state index is 0.852. The molecule has 12 heavy (non-hydrogen) atoms. The number of benzene rings is 1. The highest BCUT2D eigenvalue weighted by Crippen LogP contribution is 2.08. The molecule has 0 aliphatic carbocycles. The maximum absolute atomic E-state index is 5.11. The van der Waals surface area contributed by atoms with E-state index in [2.05, 4.69) is 18.4 Å². The van der Waals surface area contributed by atoms with E-state index in [0.29, 0.717) is 0 Å². The molecule has 0 aliphatic heterocycles. The number of furan rings is 1. The summed E-state index contributed by atoms with van der Waals surface area (Å²) in [6.07, 6.45) is 3.53. The molecular weight excluding hydrogens is 148 g/mol. The normalized spacial score (nSPS) is 10.0. The molecule has 59 valence electrons. The van der Waals surface area contributed by atoms with E-state index < -0.39 is 0 Å². The molecule has 0 saturated heterocycles. The van der Waals surface area contributed by atoms with E-state index in [9.17, 15) is 0 Å². The number of hydrogen-bond donors (Lipinski definition) is 0. The van der Waals surface area contributed by atoms with Gasteiger partial charge in [-0.1, -0.05) is 30.3 Å². The van der Waals surface area contributed by atoms with Gasteiger partial charge in [0.2, 0.25) is 0 Å². The summed E-state index contributed by atoms with van der Waals surface area (Å²) in [5, 5.41) is 0. The van der Waals surface area contributed by atoms with Gasteiger partial charge in [-0.25, -0.2) is 0 Å². The van der Waals surface area contributed by atoms with Gasteiger partial charge in [0.25, 0.3) is 0 Å². The predicted molar refractivity (Wildman–Crippen MR) is 46.8 cm³/mol. The van der Waals surface area contributed by atoms with Crippen molar-refractivity contribution in [3.8, 4) is 0 Å². The molecule has 1 radical (unpaired) electrons. The van der Waals surface area contributed by atoms with Gasteiger partial charge >= 0.3 is 0 Å². The minimum Gasteiger partial charge on any atom is -0.457 e. The third kappa shape index (κ3) is 1.56. The van der Waals surface area contributed by atoms with E-state index in [1.807, 2.05) is 24.3 Å². The molecule has 1 nitrogen and oxygen atoms in total. The van der Waals surface area contributed by atoms with Gasteiger partial charge in [0.15, 0.2) is 6.26 Å². The molecule has 0 aliphatic rings. The van der Waals surface area contributed by atoms with E-state index >= 15 is 0 Å². The van der Waals surface area contributed by atoms with Crippen LogP contribution in [0.2, 0.25) is 0 Å². The number of rotatable bonds is 2. The first-order valence-corrected chi connectivity index (χ1v) is 3.94. The second kappa shape index (κ2) is 3.26. The first-order chi connectivity index (χ1) is 5.95. The van der Waals surface area contributed by atoms with Gasteiger partial charge in [-0.05, 0) is 17.7 Å². The van der Waals surface area contributed by atoms with Gasteiger partial charge < -0.3 is 4.42 Å². The Morgan fingerprint density at radius 3 is 2.58 bits per heavy atom. The van der Waals surface area contributed by atoms with Crippen LogP contribution < -0.4 is 0 Å². The maximum Gasteiger partial charge on any atom is 0.169 e. The fourth-order valence-electron chi connectivity index (χ4n) is 1.16. The lowest BCUT2D eigenvalue weighted by Gasteiger charge is -1.95. The lowest BCUT2D eigenvalue weighted by Crippen LogP contribution is -1.83. The molecule has 1 heterocycles. The van der Waals surface area contributed by atoms with Crippen molar-refractivity contribution in [3.05, 3.63) is 60.1 Å². The highest BCUT2D eigenvalue weighted by Gasteiger charge is 1.96. The molecule has 0 spiro atoms. The second-order valence-corrected chi connectivity index (χ2v) is 2.68. The Labute approximate surface area is 71.6 Å². The first kappa shape index (κ1) is 7.17. The van der Waals surface area contributed by atoms with Crippen LogP contribution in [0.15, 0.2) is 46.9 Å². The summed E-state index contributed by atoms with van der Waals surface area (Å²) in [6, 6.07) is 14.0. The van der Waals surface area contributed by atoms with Gasteiger partial charge in [-0.15, -0.1) is 0 Å². The Morgan fingerprint density at radius 1 is 1.08 bits per heavy atom. The molecule has 1 aromatic heterocycles. The predicted octanol–water partition coefficient (Wildman–Crippen LogP) is 2.67. The van der Waals surface area contributed by atoms with Crippen LogP contribution in [0.5, 0.6) is 0 Å². The summed E-state index contributed by atoms with van der Waals surface area (Å²) in [6.45, 7) is 0. The van der Waals surface area contributed by atoms with Gasteiger partial charge in [0, 0.05) is 6.42 Å². The Bertz CT molecular complexity index is 321. The number of hydrogen-bond acceptors (Lipinski definition) is 1. The zero-order valence-corrected chi connectivity index (χ0v) is 6.66. The van der Waals surface area contributed by atoms with Crippen molar-refractivity contribution < 1.29 is 4.42 Å². The fourth-order valence-corrected chi connectivity index (χ4v) is 1.16. The lowest BCUT2D eigenvalue weighted by molar-refractivity contribution is 0.513. The topological polar surface area (TPSA) is 13.1 Å². The quantitative estimate of drug-likeness (QED) is 0.653. The van der Waals surface area contributed by atoms with Crippen LogP contribution in [0, 0.1) is 6.26 Å². The van der Waals surface area contributed by atoms with Gasteiger partial charge in [0.05, 0.1) is 0 Å². The molecule has 0 saturated carbocycles. The monoisotopic (exact) mass is 157 g/mol. The van der Waals surface area contributed by atoms with Crippen LogP contribution >= 0.6 is 0 Å². The third-order valence-corrected chi connectivity index (χ3v) is 1.75. The van der Waals surface area contributed by atoms with Crippen molar-refractivity contribution in [2.75, 3.05) is 0 Å². The van der Waals surface area contributed by atoms with Crippen LogP contribution in [0.4, 0.5) is 0 Å². The van der Waals surface area contributed by atoms with Crippen LogP contribution in [-0.4, -0.2) is 0 Å². The highest BCUT2D eigenvalue weighted by molar-refractivity contribution is 5.19. The zero-order valence-electron chi connectivity index (χ0n) is 6.66. The molecule has 1 heteroatoms. The smallest absolute Gasteiger partial charge is 0.169 e. The molecule has 0 fully saturated rings. The molecule has 2 rings (SSSR count). The van der Waals surface area contributed by atoms with Crippen molar-refractivity contribution in [2.45, 2.75) is 6.42 Å². The second-order valence-electron chi connectivity index (χ2n) is 2.68. The van der Waals surface area contributed by atoms with Crippen molar-refractivity contribution in [3.63, 3.8) is 0 Å². The zero-order chi connectivity index (χ0) is 8.23. The summed E-state index contributed by atoms with van der Waals surface area (Å²) in [5.41, 5.74) is 1.26. The van der Waals surface area contributed by atoms with Crippen molar-refractivity contribution in [2.24, 2.45) is 0 Å². The largest absolute Gasteiger partial charge is 0.457 e. The molecular formula is C11H9O. The molecule has 0 N–H and O–H groups in total. The summed E-state index contributed by atoms with van der Waals surface area (Å²) < 4.78 is 5.11. The Morgan fingerprint density at radius 2 is 1.92 bits per heavy atom. The molecule has 2 aromatic rings. The third-order valence-electron chi connectivity index (χ3n) is 1.75. The Balaban J connectivity index is 2.15. The van der Waals surface area contributed by atoms with E-state index in [1.165, 1.54) is 5.56 Å². The first-order valence-electron chi connectivity index (χ1n) is 3.94. The molecule has 0 bridgehead atoms. The van der Waals surface area contributed by atoms with Gasteiger partial charge in [0.1, 0.15) is 5.76 Å². The average Bonchev–Trinajstić information content (AvgIpc) is 2.59. The van der Waals surface area contributed by atoms with Crippen LogP contribution in [0.3, 0.4) is 0 Å².